The van der Waals surface area contributed by atoms with Crippen molar-refractivity contribution < 1.29 is 0 Å². The number of nitrogens with one attached hydrogen (secondary N) is 2. The van der Waals surface area contributed by atoms with Gasteiger partial charge in [0.25, 0.3) is 0 Å². The molecule has 4 nitrogen and oxygen atoms in total. The summed E-state index contributed by atoms with van der Waals surface area (Å²) in [6.45, 7) is 1.90. The van der Waals surface area contributed by atoms with Crippen LogP contribution in [0.15, 0.2) is 29.1 Å². The minimum Gasteiger partial charge on any atom is -0.272 e. The quantitative estimate of drug-likeness (QED) is 0.810. The van der Waals surface area contributed by atoms with Crippen molar-refractivity contribution in [1.29, 1.82) is 0 Å². The number of hydrogen-bond donors (Lipinski definition) is 2. The minimum absolute atomic E-state index is 0.125. The van der Waals surface area contributed by atoms with Gasteiger partial charge < -0.3 is 0 Å². The Bertz CT molecular complexity index is 568. The molecule has 0 amide bonds. The number of benzene rings is 1. The predicted molar refractivity (Wildman–Crippen MR) is 65.5 cm³/mol. The first-order valence-electron chi connectivity index (χ1n) is 4.74. The van der Waals surface area contributed by atoms with Gasteiger partial charge in [0.2, 0.25) is 0 Å². The van der Waals surface area contributed by atoms with E-state index in [1.807, 2.05) is 19.1 Å². The Morgan fingerprint density at radius 3 is 2.44 bits per heavy atom. The molecule has 6 heteroatoms. The smallest absolute Gasteiger partial charge is 0.272 e. The summed E-state index contributed by atoms with van der Waals surface area (Å²) in [5, 5.41) is 5.73. The number of hydrogen-bond acceptors (Lipinski definition) is 2. The van der Waals surface area contributed by atoms with Gasteiger partial charge in [-0.3, -0.25) is 9.67 Å². The zero-order chi connectivity index (χ0) is 11.7. The molecule has 1 aromatic heterocycles. The van der Waals surface area contributed by atoms with Crippen LogP contribution in [0.25, 0.3) is 0 Å². The molecule has 2 N–H and O–H groups in total. The molecule has 0 spiro atoms. The molecule has 16 heavy (non-hydrogen) atoms. The highest BCUT2D eigenvalue weighted by atomic mass is 35.5. The normalized spacial score (nSPS) is 12.6. The van der Waals surface area contributed by atoms with Crippen LogP contribution in [0.1, 0.15) is 18.5 Å². The lowest BCUT2D eigenvalue weighted by Crippen LogP contribution is -2.21. The Labute approximate surface area is 102 Å². The Balaban J connectivity index is 2.47. The lowest BCUT2D eigenvalue weighted by Gasteiger charge is -2.11. The summed E-state index contributed by atoms with van der Waals surface area (Å²) in [7, 11) is 0. The van der Waals surface area contributed by atoms with Crippen molar-refractivity contribution in [2.75, 3.05) is 0 Å². The third kappa shape index (κ3) is 1.96. The molecule has 0 aliphatic carbocycles. The van der Waals surface area contributed by atoms with Crippen LogP contribution in [0, 0.1) is 4.77 Å². The van der Waals surface area contributed by atoms with E-state index >= 15 is 0 Å². The van der Waals surface area contributed by atoms with Gasteiger partial charge in [0.15, 0.2) is 4.77 Å². The van der Waals surface area contributed by atoms with E-state index in [1.54, 1.807) is 12.1 Å². The number of H-pyrrole nitrogens is 2. The van der Waals surface area contributed by atoms with Gasteiger partial charge in [0, 0.05) is 5.02 Å². The lowest BCUT2D eigenvalue weighted by molar-refractivity contribution is 0.609. The standard InChI is InChI=1S/C10H10ClN3OS/c1-6(7-2-4-8(11)5-3-7)14-9(15)12-13-10(14)16/h2-6H,1H3,(H,12,15)(H,13,16). The van der Waals surface area contributed by atoms with Crippen LogP contribution in [0.2, 0.25) is 5.02 Å². The van der Waals surface area contributed by atoms with E-state index < -0.39 is 0 Å². The molecule has 0 aliphatic heterocycles. The first-order chi connectivity index (χ1) is 7.59. The molecule has 0 bridgehead atoms. The van der Waals surface area contributed by atoms with Gasteiger partial charge in [-0.15, -0.1) is 0 Å². The summed E-state index contributed by atoms with van der Waals surface area (Å²) in [6.07, 6.45) is 0. The number of aromatic nitrogens is 3. The minimum atomic E-state index is -0.243. The Kier molecular flexibility index (Phi) is 2.98. The zero-order valence-corrected chi connectivity index (χ0v) is 10.1. The van der Waals surface area contributed by atoms with Crippen LogP contribution in [0.5, 0.6) is 0 Å². The Morgan fingerprint density at radius 2 is 1.94 bits per heavy atom. The molecule has 0 saturated heterocycles. The van der Waals surface area contributed by atoms with Crippen molar-refractivity contribution in [2.24, 2.45) is 0 Å². The second kappa shape index (κ2) is 4.27. The van der Waals surface area contributed by atoms with Crippen molar-refractivity contribution >= 4 is 23.8 Å². The molecule has 1 unspecified atom stereocenters. The Hall–Kier alpha value is -1.33. The molecule has 0 radical (unpaired) electrons. The van der Waals surface area contributed by atoms with Gasteiger partial charge in [-0.25, -0.2) is 9.89 Å². The molecule has 1 heterocycles. The fourth-order valence-corrected chi connectivity index (χ4v) is 1.98. The van der Waals surface area contributed by atoms with E-state index in [1.165, 1.54) is 4.57 Å². The SMILES string of the molecule is CC(c1ccc(Cl)cc1)n1c(=O)[nH][nH]c1=S. The third-order valence-electron chi connectivity index (χ3n) is 2.45. The summed E-state index contributed by atoms with van der Waals surface area (Å²) < 4.78 is 1.87. The summed E-state index contributed by atoms with van der Waals surface area (Å²) in [4.78, 5) is 11.5. The van der Waals surface area contributed by atoms with Gasteiger partial charge in [0.05, 0.1) is 6.04 Å². The topological polar surface area (TPSA) is 53.6 Å². The number of aromatic amines is 2. The van der Waals surface area contributed by atoms with E-state index in [0.29, 0.717) is 9.79 Å². The summed E-state index contributed by atoms with van der Waals surface area (Å²) in [5.41, 5.74) is 0.734. The first-order valence-corrected chi connectivity index (χ1v) is 5.53. The first kappa shape index (κ1) is 11.2. The number of nitrogens with zero attached hydrogens (tertiary/aromatic N) is 1. The molecule has 0 fully saturated rings. The van der Waals surface area contributed by atoms with E-state index in [2.05, 4.69) is 10.2 Å². The van der Waals surface area contributed by atoms with Crippen molar-refractivity contribution in [3.05, 3.63) is 50.1 Å². The van der Waals surface area contributed by atoms with Crippen LogP contribution in [0.4, 0.5) is 0 Å². The third-order valence-corrected chi connectivity index (χ3v) is 3.00. The van der Waals surface area contributed by atoms with Gasteiger partial charge in [-0.1, -0.05) is 23.7 Å². The van der Waals surface area contributed by atoms with Gasteiger partial charge in [-0.2, -0.15) is 0 Å². The largest absolute Gasteiger partial charge is 0.342 e. The fraction of sp³-hybridized carbons (Fsp3) is 0.200. The van der Waals surface area contributed by atoms with Gasteiger partial charge in [-0.05, 0) is 36.8 Å². The van der Waals surface area contributed by atoms with E-state index in [9.17, 15) is 4.79 Å². The molecule has 2 aromatic rings. The van der Waals surface area contributed by atoms with E-state index in [-0.39, 0.29) is 11.7 Å². The van der Waals surface area contributed by atoms with Crippen molar-refractivity contribution in [1.82, 2.24) is 14.8 Å². The summed E-state index contributed by atoms with van der Waals surface area (Å²) in [5.74, 6) is 0. The number of rotatable bonds is 2. The van der Waals surface area contributed by atoms with E-state index in [0.717, 1.165) is 5.56 Å². The molecule has 1 aromatic carbocycles. The van der Waals surface area contributed by atoms with Crippen LogP contribution >= 0.6 is 23.8 Å². The highest BCUT2D eigenvalue weighted by molar-refractivity contribution is 7.71. The lowest BCUT2D eigenvalue weighted by atomic mass is 10.1. The molecule has 0 saturated carbocycles. The van der Waals surface area contributed by atoms with Crippen LogP contribution in [-0.4, -0.2) is 14.8 Å². The molecular weight excluding hydrogens is 246 g/mol. The molecule has 0 aliphatic rings. The molecule has 2 rings (SSSR count). The maximum Gasteiger partial charge on any atom is 0.342 e. The van der Waals surface area contributed by atoms with Crippen LogP contribution in [-0.2, 0) is 0 Å². The summed E-state index contributed by atoms with van der Waals surface area (Å²) in [6, 6.07) is 7.21. The average Bonchev–Trinajstić information content (AvgIpc) is 2.59. The average molecular weight is 256 g/mol. The maximum absolute atomic E-state index is 11.5. The summed E-state index contributed by atoms with van der Waals surface area (Å²) >= 11 is 10.8. The highest BCUT2D eigenvalue weighted by Crippen LogP contribution is 2.18. The predicted octanol–water partition coefficient (Wildman–Crippen LogP) is 2.50. The van der Waals surface area contributed by atoms with Crippen molar-refractivity contribution in [2.45, 2.75) is 13.0 Å². The van der Waals surface area contributed by atoms with Crippen LogP contribution in [0.3, 0.4) is 0 Å². The van der Waals surface area contributed by atoms with E-state index in [4.69, 9.17) is 23.8 Å². The maximum atomic E-state index is 11.5. The molecule has 84 valence electrons. The zero-order valence-electron chi connectivity index (χ0n) is 8.53. The van der Waals surface area contributed by atoms with Crippen molar-refractivity contribution in [3.8, 4) is 0 Å². The second-order valence-electron chi connectivity index (χ2n) is 3.46. The second-order valence-corrected chi connectivity index (χ2v) is 4.28. The van der Waals surface area contributed by atoms with Crippen molar-refractivity contribution in [3.63, 3.8) is 0 Å². The fourth-order valence-electron chi connectivity index (χ4n) is 1.56. The molecular formula is C10H10ClN3OS. The monoisotopic (exact) mass is 255 g/mol. The van der Waals surface area contributed by atoms with Crippen LogP contribution < -0.4 is 5.69 Å². The Morgan fingerprint density at radius 1 is 1.31 bits per heavy atom. The molecule has 1 atom stereocenters. The number of halogens is 1. The van der Waals surface area contributed by atoms with Gasteiger partial charge in [0.1, 0.15) is 0 Å². The van der Waals surface area contributed by atoms with Gasteiger partial charge >= 0.3 is 5.69 Å². The highest BCUT2D eigenvalue weighted by Gasteiger charge is 2.11.